The van der Waals surface area contributed by atoms with Crippen molar-refractivity contribution in [2.45, 2.75) is 13.5 Å². The van der Waals surface area contributed by atoms with Crippen LogP contribution < -0.4 is 0 Å². The highest BCUT2D eigenvalue weighted by atomic mass is 32.1. The Morgan fingerprint density at radius 2 is 2.14 bits per heavy atom. The van der Waals surface area contributed by atoms with E-state index >= 15 is 0 Å². The Hall–Kier alpha value is -2.54. The topological polar surface area (TPSA) is 78.1 Å². The summed E-state index contributed by atoms with van der Waals surface area (Å²) in [5, 5.41) is 7.66. The molecule has 2 aromatic heterocycles. The van der Waals surface area contributed by atoms with Crippen molar-refractivity contribution in [1.29, 1.82) is 0 Å². The lowest BCUT2D eigenvalue weighted by atomic mass is 10.2. The summed E-state index contributed by atoms with van der Waals surface area (Å²) in [4.78, 5) is 12.2. The molecule has 0 unspecified atom stereocenters. The van der Waals surface area contributed by atoms with E-state index in [2.05, 4.69) is 14.7 Å². The summed E-state index contributed by atoms with van der Waals surface area (Å²) in [5.41, 5.74) is 2.04. The van der Waals surface area contributed by atoms with Gasteiger partial charge in [-0.3, -0.25) is 0 Å². The van der Waals surface area contributed by atoms with Gasteiger partial charge in [0.2, 0.25) is 0 Å². The largest absolute Gasteiger partial charge is 0.455 e. The first-order valence-electron chi connectivity index (χ1n) is 6.21. The molecule has 3 aromatic rings. The monoisotopic (exact) mass is 301 g/mol. The number of carbonyl (C=O) groups is 1. The second-order valence-electron chi connectivity index (χ2n) is 4.31. The minimum atomic E-state index is -0.452. The van der Waals surface area contributed by atoms with Gasteiger partial charge in [0.05, 0.1) is 5.69 Å². The van der Waals surface area contributed by atoms with Crippen LogP contribution in [0.5, 0.6) is 0 Å². The van der Waals surface area contributed by atoms with Crippen LogP contribution in [0.3, 0.4) is 0 Å². The number of carbonyl (C=O) groups excluding carboxylic acids is 1. The maximum Gasteiger partial charge on any atom is 0.352 e. The molecule has 0 atom stereocenters. The lowest BCUT2D eigenvalue weighted by Gasteiger charge is -1.99. The van der Waals surface area contributed by atoms with Crippen molar-refractivity contribution in [2.24, 2.45) is 0 Å². The normalized spacial score (nSPS) is 10.5. The van der Waals surface area contributed by atoms with E-state index in [-0.39, 0.29) is 6.61 Å². The second kappa shape index (κ2) is 5.84. The smallest absolute Gasteiger partial charge is 0.352 e. The van der Waals surface area contributed by atoms with Crippen LogP contribution in [0.15, 0.2) is 40.9 Å². The average Bonchev–Trinajstić information content (AvgIpc) is 3.15. The highest BCUT2D eigenvalue weighted by molar-refractivity contribution is 7.07. The van der Waals surface area contributed by atoms with E-state index in [1.165, 1.54) is 0 Å². The van der Waals surface area contributed by atoms with Gasteiger partial charge in [0.1, 0.15) is 12.3 Å². The highest BCUT2D eigenvalue weighted by Crippen LogP contribution is 2.20. The molecule has 0 radical (unpaired) electrons. The molecule has 21 heavy (non-hydrogen) atoms. The van der Waals surface area contributed by atoms with E-state index in [4.69, 9.17) is 9.26 Å². The SMILES string of the molecule is Cc1nnsc1C(=O)OCc1cc(-c2ccccc2)on1. The van der Waals surface area contributed by atoms with Crippen LogP contribution in [-0.2, 0) is 11.3 Å². The molecule has 0 amide bonds. The van der Waals surface area contributed by atoms with Gasteiger partial charge in [0.25, 0.3) is 0 Å². The molecule has 0 aliphatic rings. The van der Waals surface area contributed by atoms with Crippen LogP contribution in [0.1, 0.15) is 21.1 Å². The third-order valence-electron chi connectivity index (χ3n) is 2.81. The van der Waals surface area contributed by atoms with Crippen LogP contribution >= 0.6 is 11.5 Å². The van der Waals surface area contributed by atoms with Crippen molar-refractivity contribution in [3.8, 4) is 11.3 Å². The molecule has 0 spiro atoms. The van der Waals surface area contributed by atoms with Crippen molar-refractivity contribution in [3.05, 3.63) is 52.7 Å². The predicted molar refractivity (Wildman–Crippen MR) is 75.7 cm³/mol. The van der Waals surface area contributed by atoms with Gasteiger partial charge in [-0.1, -0.05) is 40.0 Å². The summed E-state index contributed by atoms with van der Waals surface area (Å²) in [6.07, 6.45) is 0. The molecule has 0 aliphatic heterocycles. The zero-order valence-electron chi connectivity index (χ0n) is 11.1. The highest BCUT2D eigenvalue weighted by Gasteiger charge is 2.16. The molecule has 0 bridgehead atoms. The average molecular weight is 301 g/mol. The Kier molecular flexibility index (Phi) is 3.74. The summed E-state index contributed by atoms with van der Waals surface area (Å²) in [6.45, 7) is 1.76. The molecule has 7 heteroatoms. The van der Waals surface area contributed by atoms with Crippen molar-refractivity contribution in [2.75, 3.05) is 0 Å². The van der Waals surface area contributed by atoms with Crippen LogP contribution in [0.25, 0.3) is 11.3 Å². The summed E-state index contributed by atoms with van der Waals surface area (Å²) in [5.74, 6) is 0.184. The van der Waals surface area contributed by atoms with E-state index in [9.17, 15) is 4.79 Å². The molecule has 0 N–H and O–H groups in total. The lowest BCUT2D eigenvalue weighted by molar-refractivity contribution is 0.0469. The van der Waals surface area contributed by atoms with Gasteiger partial charge in [-0.15, -0.1) is 5.10 Å². The number of rotatable bonds is 4. The number of nitrogens with zero attached hydrogens (tertiary/aromatic N) is 3. The summed E-state index contributed by atoms with van der Waals surface area (Å²) < 4.78 is 14.1. The van der Waals surface area contributed by atoms with E-state index in [0.717, 1.165) is 17.1 Å². The first-order chi connectivity index (χ1) is 10.2. The molecule has 3 rings (SSSR count). The van der Waals surface area contributed by atoms with Gasteiger partial charge in [-0.2, -0.15) is 0 Å². The Morgan fingerprint density at radius 1 is 1.33 bits per heavy atom. The van der Waals surface area contributed by atoms with Crippen molar-refractivity contribution in [1.82, 2.24) is 14.7 Å². The Morgan fingerprint density at radius 3 is 2.86 bits per heavy atom. The summed E-state index contributed by atoms with van der Waals surface area (Å²) in [6, 6.07) is 11.3. The van der Waals surface area contributed by atoms with Crippen molar-refractivity contribution >= 4 is 17.5 Å². The van der Waals surface area contributed by atoms with E-state index in [1.807, 2.05) is 30.3 Å². The molecular weight excluding hydrogens is 290 g/mol. The molecular formula is C14H11N3O3S. The number of hydrogen-bond donors (Lipinski definition) is 0. The quantitative estimate of drug-likeness (QED) is 0.689. The lowest BCUT2D eigenvalue weighted by Crippen LogP contribution is -2.05. The molecule has 106 valence electrons. The minimum absolute atomic E-state index is 0.0481. The fourth-order valence-electron chi connectivity index (χ4n) is 1.74. The van der Waals surface area contributed by atoms with Crippen LogP contribution in [0.4, 0.5) is 0 Å². The number of hydrogen-bond acceptors (Lipinski definition) is 7. The Balaban J connectivity index is 1.66. The maximum absolute atomic E-state index is 11.8. The van der Waals surface area contributed by atoms with Crippen LogP contribution in [-0.4, -0.2) is 20.7 Å². The zero-order chi connectivity index (χ0) is 14.7. The zero-order valence-corrected chi connectivity index (χ0v) is 12.0. The summed E-state index contributed by atoms with van der Waals surface area (Å²) >= 11 is 1.02. The van der Waals surface area contributed by atoms with Crippen molar-refractivity contribution in [3.63, 3.8) is 0 Å². The first kappa shape index (κ1) is 13.4. The first-order valence-corrected chi connectivity index (χ1v) is 6.98. The van der Waals surface area contributed by atoms with Crippen LogP contribution in [0, 0.1) is 6.92 Å². The van der Waals surface area contributed by atoms with Gasteiger partial charge >= 0.3 is 5.97 Å². The van der Waals surface area contributed by atoms with Gasteiger partial charge in [0, 0.05) is 11.6 Å². The minimum Gasteiger partial charge on any atom is -0.455 e. The fraction of sp³-hybridized carbons (Fsp3) is 0.143. The number of esters is 1. The molecule has 0 saturated carbocycles. The third-order valence-corrected chi connectivity index (χ3v) is 3.61. The van der Waals surface area contributed by atoms with E-state index in [1.54, 1.807) is 13.0 Å². The van der Waals surface area contributed by atoms with Crippen molar-refractivity contribution < 1.29 is 14.1 Å². The molecule has 0 fully saturated rings. The standard InChI is InChI=1S/C14H11N3O3S/c1-9-13(21-17-15-9)14(18)19-8-11-7-12(20-16-11)10-5-3-2-4-6-10/h2-7H,8H2,1H3. The Bertz CT molecular complexity index is 752. The fourth-order valence-corrected chi connectivity index (χ4v) is 2.29. The number of aromatic nitrogens is 3. The third kappa shape index (κ3) is 2.97. The number of aryl methyl sites for hydroxylation is 1. The van der Waals surface area contributed by atoms with Gasteiger partial charge in [0.15, 0.2) is 10.6 Å². The van der Waals surface area contributed by atoms with Gasteiger partial charge in [-0.05, 0) is 18.5 Å². The van der Waals surface area contributed by atoms with Gasteiger partial charge < -0.3 is 9.26 Å². The maximum atomic E-state index is 11.8. The Labute approximate surface area is 124 Å². The summed E-state index contributed by atoms with van der Waals surface area (Å²) in [7, 11) is 0. The number of benzene rings is 1. The van der Waals surface area contributed by atoms with E-state index in [0.29, 0.717) is 22.0 Å². The van der Waals surface area contributed by atoms with Gasteiger partial charge in [-0.25, -0.2) is 4.79 Å². The molecule has 0 aliphatic carbocycles. The predicted octanol–water partition coefficient (Wildman–Crippen LogP) is 2.86. The molecule has 1 aromatic carbocycles. The van der Waals surface area contributed by atoms with Crippen LogP contribution in [0.2, 0.25) is 0 Å². The molecule has 6 nitrogen and oxygen atoms in total. The van der Waals surface area contributed by atoms with E-state index < -0.39 is 5.97 Å². The molecule has 2 heterocycles. The second-order valence-corrected chi connectivity index (χ2v) is 5.07. The molecule has 0 saturated heterocycles. The number of ether oxygens (including phenoxy) is 1.